The lowest BCUT2D eigenvalue weighted by Crippen LogP contribution is -2.29. The van der Waals surface area contributed by atoms with Crippen LogP contribution in [0, 0.1) is 5.82 Å². The van der Waals surface area contributed by atoms with Crippen molar-refractivity contribution in [3.63, 3.8) is 0 Å². The number of allylic oxidation sites excluding steroid dienone is 1. The van der Waals surface area contributed by atoms with Crippen molar-refractivity contribution >= 4 is 40.9 Å². The first-order valence-corrected chi connectivity index (χ1v) is 11.0. The normalized spacial score (nSPS) is 11.6. The van der Waals surface area contributed by atoms with Gasteiger partial charge in [-0.25, -0.2) is 4.39 Å². The largest absolute Gasteiger partial charge is 0.342 e. The highest BCUT2D eigenvalue weighted by molar-refractivity contribution is 7.99. The van der Waals surface area contributed by atoms with Crippen molar-refractivity contribution in [1.29, 1.82) is 0 Å². The number of carbonyl (C=O) groups is 2. The molecule has 1 heterocycles. The molecule has 10 heteroatoms. The summed E-state index contributed by atoms with van der Waals surface area (Å²) in [6, 6.07) is 12.0. The van der Waals surface area contributed by atoms with Gasteiger partial charge in [-0.3, -0.25) is 9.59 Å². The van der Waals surface area contributed by atoms with Crippen molar-refractivity contribution in [2.75, 3.05) is 11.1 Å². The molecule has 0 aliphatic heterocycles. The molecule has 0 aliphatic carbocycles. The van der Waals surface area contributed by atoms with Crippen molar-refractivity contribution < 1.29 is 14.0 Å². The van der Waals surface area contributed by atoms with E-state index in [0.29, 0.717) is 28.2 Å². The van der Waals surface area contributed by atoms with Crippen LogP contribution in [0.3, 0.4) is 0 Å². The van der Waals surface area contributed by atoms with Crippen molar-refractivity contribution in [3.8, 4) is 0 Å². The molecule has 2 amide bonds. The Bertz CT molecular complexity index is 1120. The van der Waals surface area contributed by atoms with Crippen LogP contribution in [0.5, 0.6) is 0 Å². The Balaban J connectivity index is 1.67. The minimum Gasteiger partial charge on any atom is -0.342 e. The molecule has 0 radical (unpaired) electrons. The average molecular weight is 474 g/mol. The lowest BCUT2D eigenvalue weighted by Gasteiger charge is -2.15. The summed E-state index contributed by atoms with van der Waals surface area (Å²) in [5.74, 6) is -0.801. The molecule has 0 spiro atoms. The van der Waals surface area contributed by atoms with E-state index in [2.05, 4.69) is 27.4 Å². The lowest BCUT2D eigenvalue weighted by atomic mass is 10.2. The summed E-state index contributed by atoms with van der Waals surface area (Å²) in [6.45, 7) is 5.85. The molecule has 0 saturated heterocycles. The molecule has 7 nitrogen and oxygen atoms in total. The second kappa shape index (κ2) is 10.9. The SMILES string of the molecule is C=CCn1c(SCC(=O)Nc2ccc(Cl)cc2)nnc1[C@H](C)NC(=O)c1ccccc1F. The van der Waals surface area contributed by atoms with E-state index in [1.54, 1.807) is 47.9 Å². The van der Waals surface area contributed by atoms with Crippen LogP contribution in [0.1, 0.15) is 29.1 Å². The number of aromatic nitrogens is 3. The quantitative estimate of drug-likeness (QED) is 0.353. The number of rotatable bonds is 9. The number of halogens is 2. The highest BCUT2D eigenvalue weighted by Gasteiger charge is 2.21. The molecule has 3 aromatic rings. The molecule has 0 fully saturated rings. The Hall–Kier alpha value is -3.17. The van der Waals surface area contributed by atoms with Crippen molar-refractivity contribution in [1.82, 2.24) is 20.1 Å². The topological polar surface area (TPSA) is 88.9 Å². The lowest BCUT2D eigenvalue weighted by molar-refractivity contribution is -0.113. The van der Waals surface area contributed by atoms with Crippen LogP contribution < -0.4 is 10.6 Å². The van der Waals surface area contributed by atoms with E-state index in [-0.39, 0.29) is 17.2 Å². The van der Waals surface area contributed by atoms with Gasteiger partial charge in [-0.05, 0) is 43.3 Å². The Morgan fingerprint density at radius 2 is 1.94 bits per heavy atom. The Morgan fingerprint density at radius 3 is 2.62 bits per heavy atom. The van der Waals surface area contributed by atoms with Gasteiger partial charge in [0.25, 0.3) is 5.91 Å². The number of amides is 2. The van der Waals surface area contributed by atoms with Crippen LogP contribution in [0.15, 0.2) is 66.3 Å². The van der Waals surface area contributed by atoms with Crippen LogP contribution in [0.2, 0.25) is 5.02 Å². The van der Waals surface area contributed by atoms with Gasteiger partial charge >= 0.3 is 0 Å². The number of hydrogen-bond acceptors (Lipinski definition) is 5. The van der Waals surface area contributed by atoms with Gasteiger partial charge in [-0.2, -0.15) is 0 Å². The molecule has 2 aromatic carbocycles. The molecule has 0 unspecified atom stereocenters. The van der Waals surface area contributed by atoms with Gasteiger partial charge in [-0.1, -0.05) is 41.6 Å². The zero-order chi connectivity index (χ0) is 23.1. The monoisotopic (exact) mass is 473 g/mol. The molecule has 1 aromatic heterocycles. The van der Waals surface area contributed by atoms with Crippen LogP contribution >= 0.6 is 23.4 Å². The minimum absolute atomic E-state index is 0.0531. The summed E-state index contributed by atoms with van der Waals surface area (Å²) in [6.07, 6.45) is 1.66. The zero-order valence-electron chi connectivity index (χ0n) is 17.2. The molecule has 1 atom stereocenters. The number of benzene rings is 2. The number of anilines is 1. The molecule has 0 bridgehead atoms. The number of thioether (sulfide) groups is 1. The Kier molecular flexibility index (Phi) is 8.02. The van der Waals surface area contributed by atoms with E-state index in [4.69, 9.17) is 11.6 Å². The predicted molar refractivity (Wildman–Crippen MR) is 123 cm³/mol. The molecular formula is C22H21ClFN5O2S. The molecule has 0 saturated carbocycles. The number of carbonyl (C=O) groups excluding carboxylic acids is 2. The van der Waals surface area contributed by atoms with E-state index in [1.807, 2.05) is 0 Å². The van der Waals surface area contributed by atoms with E-state index in [9.17, 15) is 14.0 Å². The third-order valence-corrected chi connectivity index (χ3v) is 5.59. The molecular weight excluding hydrogens is 453 g/mol. The second-order valence-electron chi connectivity index (χ2n) is 6.76. The Morgan fingerprint density at radius 1 is 1.22 bits per heavy atom. The standard InChI is InChI=1S/C22H21ClFN5O2S/c1-3-12-29-20(14(2)25-21(31)17-6-4-5-7-18(17)24)27-28-22(29)32-13-19(30)26-16-10-8-15(23)9-11-16/h3-11,14H,1,12-13H2,2H3,(H,25,31)(H,26,30)/t14-/m0/s1. The van der Waals surface area contributed by atoms with Gasteiger partial charge in [0, 0.05) is 17.3 Å². The van der Waals surface area contributed by atoms with Gasteiger partial charge in [0.05, 0.1) is 17.4 Å². The number of hydrogen-bond donors (Lipinski definition) is 2. The minimum atomic E-state index is -0.604. The highest BCUT2D eigenvalue weighted by atomic mass is 35.5. The molecule has 3 rings (SSSR count). The van der Waals surface area contributed by atoms with E-state index in [1.165, 1.54) is 30.0 Å². The van der Waals surface area contributed by atoms with Crippen molar-refractivity contribution in [2.45, 2.75) is 24.7 Å². The fourth-order valence-electron chi connectivity index (χ4n) is 2.87. The highest BCUT2D eigenvalue weighted by Crippen LogP contribution is 2.22. The van der Waals surface area contributed by atoms with E-state index >= 15 is 0 Å². The smallest absolute Gasteiger partial charge is 0.254 e. The van der Waals surface area contributed by atoms with E-state index in [0.717, 1.165) is 0 Å². The van der Waals surface area contributed by atoms with Gasteiger partial charge in [0.15, 0.2) is 11.0 Å². The summed E-state index contributed by atoms with van der Waals surface area (Å²) >= 11 is 7.05. The van der Waals surface area contributed by atoms with Crippen LogP contribution in [0.4, 0.5) is 10.1 Å². The first kappa shape index (κ1) is 23.5. The van der Waals surface area contributed by atoms with Gasteiger partial charge in [-0.15, -0.1) is 16.8 Å². The van der Waals surface area contributed by atoms with Crippen molar-refractivity contribution in [3.05, 3.63) is 83.4 Å². The maximum Gasteiger partial charge on any atom is 0.254 e. The maximum atomic E-state index is 13.9. The number of nitrogens with zero attached hydrogens (tertiary/aromatic N) is 3. The molecule has 0 aliphatic rings. The first-order valence-electron chi connectivity index (χ1n) is 9.66. The van der Waals surface area contributed by atoms with E-state index < -0.39 is 17.8 Å². The molecule has 166 valence electrons. The van der Waals surface area contributed by atoms with Crippen molar-refractivity contribution in [2.24, 2.45) is 0 Å². The number of nitrogens with one attached hydrogen (secondary N) is 2. The summed E-state index contributed by atoms with van der Waals surface area (Å²) in [5, 5.41) is 14.9. The average Bonchev–Trinajstić information content (AvgIpc) is 3.17. The summed E-state index contributed by atoms with van der Waals surface area (Å²) in [7, 11) is 0. The molecule has 32 heavy (non-hydrogen) atoms. The van der Waals surface area contributed by atoms with Crippen LogP contribution in [-0.4, -0.2) is 32.3 Å². The first-order chi connectivity index (χ1) is 15.4. The van der Waals surface area contributed by atoms with Gasteiger partial charge in [0.2, 0.25) is 5.91 Å². The Labute approximate surface area is 194 Å². The predicted octanol–water partition coefficient (Wildman–Crippen LogP) is 4.48. The molecule has 2 N–H and O–H groups in total. The maximum absolute atomic E-state index is 13.9. The van der Waals surface area contributed by atoms with Gasteiger partial charge in [0.1, 0.15) is 5.82 Å². The third-order valence-electron chi connectivity index (χ3n) is 4.37. The summed E-state index contributed by atoms with van der Waals surface area (Å²) in [4.78, 5) is 24.7. The van der Waals surface area contributed by atoms with Crippen LogP contribution in [0.25, 0.3) is 0 Å². The zero-order valence-corrected chi connectivity index (χ0v) is 18.8. The third kappa shape index (κ3) is 5.95. The fraction of sp³-hybridized carbons (Fsp3) is 0.182. The summed E-state index contributed by atoms with van der Waals surface area (Å²) in [5.41, 5.74) is 0.584. The fourth-order valence-corrected chi connectivity index (χ4v) is 3.75. The second-order valence-corrected chi connectivity index (χ2v) is 8.14. The van der Waals surface area contributed by atoms with Crippen LogP contribution in [-0.2, 0) is 11.3 Å². The van der Waals surface area contributed by atoms with Gasteiger partial charge < -0.3 is 15.2 Å². The summed E-state index contributed by atoms with van der Waals surface area (Å²) < 4.78 is 15.6.